The Morgan fingerprint density at radius 2 is 1.90 bits per heavy atom. The van der Waals surface area contributed by atoms with Gasteiger partial charge in [0.1, 0.15) is 0 Å². The van der Waals surface area contributed by atoms with Crippen molar-refractivity contribution >= 4 is 10.0 Å². The van der Waals surface area contributed by atoms with Crippen LogP contribution >= 0.6 is 0 Å². The summed E-state index contributed by atoms with van der Waals surface area (Å²) in [6.07, 6.45) is 0. The largest absolute Gasteiger partial charge is 0.395 e. The molecule has 7 heteroatoms. The van der Waals surface area contributed by atoms with Crippen LogP contribution in [0.25, 0.3) is 0 Å². The van der Waals surface area contributed by atoms with Crippen molar-refractivity contribution in [3.63, 3.8) is 0 Å². The molecule has 0 aromatic heterocycles. The summed E-state index contributed by atoms with van der Waals surface area (Å²) >= 11 is 0. The van der Waals surface area contributed by atoms with Gasteiger partial charge in [-0.2, -0.15) is 4.31 Å². The summed E-state index contributed by atoms with van der Waals surface area (Å²) < 4.78 is 31.0. The molecule has 3 N–H and O–H groups in total. The van der Waals surface area contributed by atoms with E-state index in [1.807, 2.05) is 6.92 Å². The lowest BCUT2D eigenvalue weighted by atomic mass is 10.1. The molecule has 1 aromatic rings. The van der Waals surface area contributed by atoms with E-state index >= 15 is 0 Å². The molecule has 1 aromatic carbocycles. The monoisotopic (exact) mass is 302 g/mol. The number of sulfonamides is 1. The number of rotatable bonds is 8. The van der Waals surface area contributed by atoms with Gasteiger partial charge >= 0.3 is 0 Å². The van der Waals surface area contributed by atoms with E-state index in [-0.39, 0.29) is 37.2 Å². The number of aliphatic hydroxyl groups is 1. The highest BCUT2D eigenvalue weighted by molar-refractivity contribution is 7.89. The fraction of sp³-hybridized carbons (Fsp3) is 0.538. The molecule has 0 aliphatic rings. The Hall–Kier alpha value is -0.990. The summed E-state index contributed by atoms with van der Waals surface area (Å²) in [5.41, 5.74) is 6.61. The first-order valence-electron chi connectivity index (χ1n) is 6.39. The Balaban J connectivity index is 2.99. The van der Waals surface area contributed by atoms with Gasteiger partial charge in [0.2, 0.25) is 10.0 Å². The highest BCUT2D eigenvalue weighted by Gasteiger charge is 2.23. The first kappa shape index (κ1) is 17.1. The second-order valence-electron chi connectivity index (χ2n) is 4.48. The van der Waals surface area contributed by atoms with Crippen LogP contribution in [-0.2, 0) is 14.8 Å². The molecule has 0 aliphatic carbocycles. The van der Waals surface area contributed by atoms with E-state index in [4.69, 9.17) is 15.6 Å². The molecule has 1 rings (SSSR count). The van der Waals surface area contributed by atoms with E-state index in [0.717, 1.165) is 5.56 Å². The zero-order valence-electron chi connectivity index (χ0n) is 11.8. The van der Waals surface area contributed by atoms with Crippen molar-refractivity contribution in [2.45, 2.75) is 17.9 Å². The number of aliphatic hydroxyl groups excluding tert-OH is 1. The number of benzene rings is 1. The highest BCUT2D eigenvalue weighted by atomic mass is 32.2. The zero-order chi connectivity index (χ0) is 15.2. The highest BCUT2D eigenvalue weighted by Crippen LogP contribution is 2.18. The molecular formula is C13H22N2O4S. The van der Waals surface area contributed by atoms with E-state index < -0.39 is 10.0 Å². The Labute approximate surface area is 120 Å². The standard InChI is InChI=1S/C13H22N2O4S/c1-11(14)12-3-5-13(6-4-12)20(17,18)15(7-9-16)8-10-19-2/h3-6,11,16H,7-10,14H2,1-2H3. The van der Waals surface area contributed by atoms with Crippen molar-refractivity contribution < 1.29 is 18.3 Å². The SMILES string of the molecule is COCCN(CCO)S(=O)(=O)c1ccc(C(C)N)cc1. The van der Waals surface area contributed by atoms with E-state index in [0.29, 0.717) is 0 Å². The molecule has 0 aliphatic heterocycles. The van der Waals surface area contributed by atoms with Gasteiger partial charge in [0, 0.05) is 26.2 Å². The summed E-state index contributed by atoms with van der Waals surface area (Å²) in [4.78, 5) is 0.187. The van der Waals surface area contributed by atoms with E-state index in [2.05, 4.69) is 0 Å². The van der Waals surface area contributed by atoms with Crippen LogP contribution in [0.3, 0.4) is 0 Å². The summed E-state index contributed by atoms with van der Waals surface area (Å²) in [5.74, 6) is 0. The zero-order valence-corrected chi connectivity index (χ0v) is 12.6. The van der Waals surface area contributed by atoms with Gasteiger partial charge in [0.15, 0.2) is 0 Å². The molecule has 0 spiro atoms. The van der Waals surface area contributed by atoms with Crippen LogP contribution in [-0.4, -0.2) is 51.2 Å². The topological polar surface area (TPSA) is 92.9 Å². The van der Waals surface area contributed by atoms with Gasteiger partial charge in [-0.3, -0.25) is 0 Å². The summed E-state index contributed by atoms with van der Waals surface area (Å²) in [7, 11) is -2.12. The number of nitrogens with zero attached hydrogens (tertiary/aromatic N) is 1. The van der Waals surface area contributed by atoms with E-state index in [1.165, 1.54) is 23.5 Å². The molecule has 0 saturated carbocycles. The molecule has 6 nitrogen and oxygen atoms in total. The number of ether oxygens (including phenoxy) is 1. The minimum absolute atomic E-state index is 0.0424. The lowest BCUT2D eigenvalue weighted by molar-refractivity contribution is 0.168. The van der Waals surface area contributed by atoms with E-state index in [1.54, 1.807) is 12.1 Å². The second kappa shape index (κ2) is 7.70. The third-order valence-corrected chi connectivity index (χ3v) is 4.85. The average Bonchev–Trinajstić information content (AvgIpc) is 2.43. The molecular weight excluding hydrogens is 280 g/mol. The van der Waals surface area contributed by atoms with Gasteiger partial charge in [-0.15, -0.1) is 0 Å². The van der Waals surface area contributed by atoms with Crippen LogP contribution in [0.5, 0.6) is 0 Å². The van der Waals surface area contributed by atoms with Crippen molar-refractivity contribution in [2.24, 2.45) is 5.73 Å². The third kappa shape index (κ3) is 4.26. The fourth-order valence-electron chi connectivity index (χ4n) is 1.75. The molecule has 0 radical (unpaired) electrons. The van der Waals surface area contributed by atoms with Gasteiger partial charge in [-0.1, -0.05) is 12.1 Å². The minimum Gasteiger partial charge on any atom is -0.395 e. The van der Waals surface area contributed by atoms with Crippen LogP contribution in [0.15, 0.2) is 29.2 Å². The average molecular weight is 302 g/mol. The predicted molar refractivity (Wildman–Crippen MR) is 76.8 cm³/mol. The molecule has 0 heterocycles. The van der Waals surface area contributed by atoms with Gasteiger partial charge in [0.25, 0.3) is 0 Å². The van der Waals surface area contributed by atoms with Crippen LogP contribution < -0.4 is 5.73 Å². The second-order valence-corrected chi connectivity index (χ2v) is 6.42. The lowest BCUT2D eigenvalue weighted by Crippen LogP contribution is -2.36. The molecule has 1 atom stereocenters. The Morgan fingerprint density at radius 3 is 2.35 bits per heavy atom. The molecule has 1 unspecified atom stereocenters. The Kier molecular flexibility index (Phi) is 6.57. The lowest BCUT2D eigenvalue weighted by Gasteiger charge is -2.21. The summed E-state index contributed by atoms with van der Waals surface area (Å²) in [6.45, 7) is 2.12. The maximum absolute atomic E-state index is 12.4. The fourth-order valence-corrected chi connectivity index (χ4v) is 3.16. The van der Waals surface area contributed by atoms with Gasteiger partial charge in [0.05, 0.1) is 18.1 Å². The first-order chi connectivity index (χ1) is 9.43. The molecule has 0 amide bonds. The smallest absolute Gasteiger partial charge is 0.243 e. The van der Waals surface area contributed by atoms with Crippen molar-refractivity contribution in [3.8, 4) is 0 Å². The van der Waals surface area contributed by atoms with Crippen molar-refractivity contribution in [2.75, 3.05) is 33.4 Å². The number of hydrogen-bond donors (Lipinski definition) is 2. The predicted octanol–water partition coefficient (Wildman–Crippen LogP) is 0.336. The maximum atomic E-state index is 12.4. The number of hydrogen-bond acceptors (Lipinski definition) is 5. The molecule has 0 saturated heterocycles. The van der Waals surface area contributed by atoms with Crippen molar-refractivity contribution in [1.82, 2.24) is 4.31 Å². The van der Waals surface area contributed by atoms with Crippen LogP contribution in [0, 0.1) is 0 Å². The molecule has 20 heavy (non-hydrogen) atoms. The molecule has 0 fully saturated rings. The number of methoxy groups -OCH3 is 1. The van der Waals surface area contributed by atoms with Gasteiger partial charge in [-0.05, 0) is 24.6 Å². The van der Waals surface area contributed by atoms with Crippen LogP contribution in [0.4, 0.5) is 0 Å². The first-order valence-corrected chi connectivity index (χ1v) is 7.83. The van der Waals surface area contributed by atoms with Crippen LogP contribution in [0.2, 0.25) is 0 Å². The summed E-state index contributed by atoms with van der Waals surface area (Å²) in [6, 6.07) is 6.32. The maximum Gasteiger partial charge on any atom is 0.243 e. The molecule has 114 valence electrons. The normalized spacial score (nSPS) is 13.7. The Morgan fingerprint density at radius 1 is 1.30 bits per heavy atom. The van der Waals surface area contributed by atoms with E-state index in [9.17, 15) is 8.42 Å². The minimum atomic E-state index is -3.63. The molecule has 0 bridgehead atoms. The quantitative estimate of drug-likeness (QED) is 0.722. The van der Waals surface area contributed by atoms with Crippen molar-refractivity contribution in [1.29, 1.82) is 0 Å². The number of nitrogens with two attached hydrogens (primary N) is 1. The van der Waals surface area contributed by atoms with Crippen LogP contribution in [0.1, 0.15) is 18.5 Å². The third-order valence-electron chi connectivity index (χ3n) is 2.94. The summed E-state index contributed by atoms with van der Waals surface area (Å²) in [5, 5.41) is 9.00. The van der Waals surface area contributed by atoms with Gasteiger partial charge < -0.3 is 15.6 Å². The van der Waals surface area contributed by atoms with Crippen molar-refractivity contribution in [3.05, 3.63) is 29.8 Å². The van der Waals surface area contributed by atoms with Gasteiger partial charge in [-0.25, -0.2) is 8.42 Å². The Bertz CT molecular complexity index is 500.